The molecule has 2 aromatic rings. The van der Waals surface area contributed by atoms with Crippen molar-refractivity contribution in [3.8, 4) is 11.5 Å². The van der Waals surface area contributed by atoms with E-state index in [0.717, 1.165) is 27.1 Å². The molecule has 1 amide bonds. The van der Waals surface area contributed by atoms with Crippen LogP contribution in [-0.4, -0.2) is 25.9 Å². The molecule has 0 bridgehead atoms. The van der Waals surface area contributed by atoms with Gasteiger partial charge in [0.05, 0.1) is 5.41 Å². The molecule has 1 saturated heterocycles. The van der Waals surface area contributed by atoms with E-state index < -0.39 is 5.41 Å². The number of carbonyl (C=O) groups excluding carboxylic acids is 1. The molecular weight excluding hydrogens is 398 g/mol. The molecule has 26 heavy (non-hydrogen) atoms. The Morgan fingerprint density at radius 3 is 2.54 bits per heavy atom. The van der Waals surface area contributed by atoms with Crippen LogP contribution in [-0.2, 0) is 21.5 Å². The number of carbonyl (C=O) groups is 1. The topological polar surface area (TPSA) is 56.8 Å². The van der Waals surface area contributed by atoms with Crippen molar-refractivity contribution >= 4 is 21.8 Å². The molecule has 0 aromatic heterocycles. The van der Waals surface area contributed by atoms with Crippen LogP contribution in [0.3, 0.4) is 0 Å². The van der Waals surface area contributed by atoms with E-state index in [9.17, 15) is 4.79 Å². The average molecular weight is 418 g/mol. The van der Waals surface area contributed by atoms with Crippen LogP contribution in [0.4, 0.5) is 0 Å². The Labute approximate surface area is 160 Å². The highest BCUT2D eigenvalue weighted by Gasteiger charge is 2.41. The van der Waals surface area contributed by atoms with Crippen molar-refractivity contribution in [3.63, 3.8) is 0 Å². The van der Waals surface area contributed by atoms with Crippen molar-refractivity contribution in [2.75, 3.05) is 20.0 Å². The maximum atomic E-state index is 13.2. The second-order valence-electron chi connectivity index (χ2n) is 6.57. The number of hydrogen-bond acceptors (Lipinski definition) is 4. The standard InChI is InChI=1S/C20H20BrNO4/c21-16-4-2-15(3-5-16)20(7-9-24-10-8-20)19(23)22-12-14-1-6-17-18(11-14)26-13-25-17/h1-6,11H,7-10,12-13H2,(H,22,23). The maximum absolute atomic E-state index is 13.2. The predicted molar refractivity (Wildman–Crippen MR) is 100 cm³/mol. The lowest BCUT2D eigenvalue weighted by atomic mass is 9.73. The highest BCUT2D eigenvalue weighted by molar-refractivity contribution is 9.10. The Balaban J connectivity index is 1.52. The van der Waals surface area contributed by atoms with Gasteiger partial charge in [-0.3, -0.25) is 4.79 Å². The van der Waals surface area contributed by atoms with E-state index >= 15 is 0 Å². The zero-order valence-corrected chi connectivity index (χ0v) is 15.9. The Kier molecular flexibility index (Phi) is 4.87. The summed E-state index contributed by atoms with van der Waals surface area (Å²) in [5.74, 6) is 1.52. The van der Waals surface area contributed by atoms with E-state index in [2.05, 4.69) is 21.2 Å². The summed E-state index contributed by atoms with van der Waals surface area (Å²) in [6, 6.07) is 13.8. The Morgan fingerprint density at radius 2 is 1.77 bits per heavy atom. The zero-order valence-electron chi connectivity index (χ0n) is 14.3. The number of fused-ring (bicyclic) bond motifs is 1. The first-order chi connectivity index (χ1) is 12.7. The molecule has 2 heterocycles. The lowest BCUT2D eigenvalue weighted by Gasteiger charge is -2.36. The fourth-order valence-electron chi connectivity index (χ4n) is 3.54. The summed E-state index contributed by atoms with van der Waals surface area (Å²) in [4.78, 5) is 13.2. The minimum absolute atomic E-state index is 0.0424. The molecule has 0 unspecified atom stereocenters. The first kappa shape index (κ1) is 17.4. The van der Waals surface area contributed by atoms with E-state index in [1.807, 2.05) is 42.5 Å². The average Bonchev–Trinajstić information content (AvgIpc) is 3.15. The molecule has 0 radical (unpaired) electrons. The van der Waals surface area contributed by atoms with Crippen LogP contribution in [0.5, 0.6) is 11.5 Å². The van der Waals surface area contributed by atoms with Gasteiger partial charge < -0.3 is 19.5 Å². The molecule has 0 atom stereocenters. The van der Waals surface area contributed by atoms with E-state index in [-0.39, 0.29) is 12.7 Å². The number of hydrogen-bond donors (Lipinski definition) is 1. The second-order valence-corrected chi connectivity index (χ2v) is 7.49. The van der Waals surface area contributed by atoms with Gasteiger partial charge >= 0.3 is 0 Å². The predicted octanol–water partition coefficient (Wildman–Crippen LogP) is 3.54. The number of benzene rings is 2. The van der Waals surface area contributed by atoms with Crippen molar-refractivity contribution in [1.82, 2.24) is 5.32 Å². The SMILES string of the molecule is O=C(NCc1ccc2c(c1)OCO2)C1(c2ccc(Br)cc2)CCOCC1. The van der Waals surface area contributed by atoms with Gasteiger partial charge in [0, 0.05) is 24.2 Å². The molecule has 2 aromatic carbocycles. The lowest BCUT2D eigenvalue weighted by Crippen LogP contribution is -2.47. The number of rotatable bonds is 4. The monoisotopic (exact) mass is 417 g/mol. The van der Waals surface area contributed by atoms with Gasteiger partial charge in [-0.05, 0) is 48.2 Å². The highest BCUT2D eigenvalue weighted by Crippen LogP contribution is 2.36. The third kappa shape index (κ3) is 3.31. The Morgan fingerprint density at radius 1 is 1.04 bits per heavy atom. The van der Waals surface area contributed by atoms with Crippen LogP contribution in [0, 0.1) is 0 Å². The molecule has 6 heteroatoms. The second kappa shape index (κ2) is 7.29. The summed E-state index contributed by atoms with van der Waals surface area (Å²) in [7, 11) is 0. The summed E-state index contributed by atoms with van der Waals surface area (Å²) >= 11 is 3.46. The number of nitrogens with one attached hydrogen (secondary N) is 1. The number of amides is 1. The number of ether oxygens (including phenoxy) is 3. The van der Waals surface area contributed by atoms with E-state index in [4.69, 9.17) is 14.2 Å². The summed E-state index contributed by atoms with van der Waals surface area (Å²) < 4.78 is 17.3. The molecule has 0 saturated carbocycles. The Bertz CT molecular complexity index is 800. The molecule has 2 aliphatic heterocycles. The minimum atomic E-state index is -0.546. The van der Waals surface area contributed by atoms with Crippen LogP contribution in [0.15, 0.2) is 46.9 Å². The first-order valence-corrected chi connectivity index (χ1v) is 9.47. The van der Waals surface area contributed by atoms with Crippen molar-refractivity contribution in [1.29, 1.82) is 0 Å². The van der Waals surface area contributed by atoms with Gasteiger partial charge in [-0.1, -0.05) is 34.1 Å². The fourth-order valence-corrected chi connectivity index (χ4v) is 3.80. The van der Waals surface area contributed by atoms with Crippen molar-refractivity contribution < 1.29 is 19.0 Å². The zero-order chi connectivity index (χ0) is 18.0. The van der Waals surface area contributed by atoms with Crippen molar-refractivity contribution in [2.24, 2.45) is 0 Å². The van der Waals surface area contributed by atoms with Gasteiger partial charge in [0.2, 0.25) is 12.7 Å². The minimum Gasteiger partial charge on any atom is -0.454 e. The van der Waals surface area contributed by atoms with Gasteiger partial charge in [0.25, 0.3) is 0 Å². The van der Waals surface area contributed by atoms with Crippen molar-refractivity contribution in [2.45, 2.75) is 24.8 Å². The smallest absolute Gasteiger partial charge is 0.231 e. The van der Waals surface area contributed by atoms with E-state index in [1.165, 1.54) is 0 Å². The molecule has 4 rings (SSSR count). The third-order valence-corrected chi connectivity index (χ3v) is 5.60. The van der Waals surface area contributed by atoms with E-state index in [0.29, 0.717) is 32.6 Å². The van der Waals surface area contributed by atoms with Gasteiger partial charge in [0.1, 0.15) is 0 Å². The number of halogens is 1. The van der Waals surface area contributed by atoms with Gasteiger partial charge in [0.15, 0.2) is 11.5 Å². The first-order valence-electron chi connectivity index (χ1n) is 8.68. The third-order valence-electron chi connectivity index (χ3n) is 5.07. The van der Waals surface area contributed by atoms with Crippen LogP contribution >= 0.6 is 15.9 Å². The van der Waals surface area contributed by atoms with Crippen molar-refractivity contribution in [3.05, 3.63) is 58.1 Å². The van der Waals surface area contributed by atoms with Gasteiger partial charge in [-0.25, -0.2) is 0 Å². The summed E-state index contributed by atoms with van der Waals surface area (Å²) in [5, 5.41) is 3.11. The van der Waals surface area contributed by atoms with Crippen LogP contribution in [0.1, 0.15) is 24.0 Å². The van der Waals surface area contributed by atoms with Crippen LogP contribution < -0.4 is 14.8 Å². The highest BCUT2D eigenvalue weighted by atomic mass is 79.9. The van der Waals surface area contributed by atoms with Crippen LogP contribution in [0.2, 0.25) is 0 Å². The summed E-state index contributed by atoms with van der Waals surface area (Å²) in [6.45, 7) is 1.88. The van der Waals surface area contributed by atoms with Gasteiger partial charge in [-0.2, -0.15) is 0 Å². The molecule has 1 N–H and O–H groups in total. The molecule has 5 nitrogen and oxygen atoms in total. The molecule has 1 fully saturated rings. The Hall–Kier alpha value is -2.05. The fraction of sp³-hybridized carbons (Fsp3) is 0.350. The molecule has 0 spiro atoms. The summed E-state index contributed by atoms with van der Waals surface area (Å²) in [5.41, 5.74) is 1.47. The molecule has 2 aliphatic rings. The molecule has 136 valence electrons. The summed E-state index contributed by atoms with van der Waals surface area (Å²) in [6.07, 6.45) is 1.36. The largest absolute Gasteiger partial charge is 0.454 e. The normalized spacial score (nSPS) is 17.7. The quantitative estimate of drug-likeness (QED) is 0.826. The molecular formula is C20H20BrNO4. The van der Waals surface area contributed by atoms with Gasteiger partial charge in [-0.15, -0.1) is 0 Å². The molecule has 0 aliphatic carbocycles. The van der Waals surface area contributed by atoms with Crippen LogP contribution in [0.25, 0.3) is 0 Å². The lowest BCUT2D eigenvalue weighted by molar-refractivity contribution is -0.130. The van der Waals surface area contributed by atoms with E-state index in [1.54, 1.807) is 0 Å². The maximum Gasteiger partial charge on any atom is 0.231 e.